The summed E-state index contributed by atoms with van der Waals surface area (Å²) < 4.78 is 3.90. The third kappa shape index (κ3) is 2.84. The number of carbonyl (C=O) groups excluding carboxylic acids is 1. The van der Waals surface area contributed by atoms with E-state index < -0.39 is 0 Å². The summed E-state index contributed by atoms with van der Waals surface area (Å²) in [6.07, 6.45) is 7.11. The fourth-order valence-corrected chi connectivity index (χ4v) is 4.21. The first-order valence-electron chi connectivity index (χ1n) is 9.08. The van der Waals surface area contributed by atoms with Crippen LogP contribution in [-0.4, -0.2) is 54.5 Å². The lowest BCUT2D eigenvalue weighted by molar-refractivity contribution is 0.0932. The Kier molecular flexibility index (Phi) is 3.41. The molecule has 1 N–H and O–H groups in total. The minimum absolute atomic E-state index is 0.0649. The fourth-order valence-electron chi connectivity index (χ4n) is 4.21. The van der Waals surface area contributed by atoms with Crippen molar-refractivity contribution < 1.29 is 4.79 Å². The number of rotatable bonds is 4. The number of aryl methyl sites for hydroxylation is 1. The Balaban J connectivity index is 1.28. The van der Waals surface area contributed by atoms with Gasteiger partial charge >= 0.3 is 0 Å². The van der Waals surface area contributed by atoms with Crippen molar-refractivity contribution in [3.8, 4) is 0 Å². The molecule has 0 radical (unpaired) electrons. The number of fused-ring (bicyclic) bond motifs is 2. The maximum Gasteiger partial charge on any atom is 0.289 e. The first-order chi connectivity index (χ1) is 12.2. The summed E-state index contributed by atoms with van der Waals surface area (Å²) >= 11 is 0. The summed E-state index contributed by atoms with van der Waals surface area (Å²) in [5, 5.41) is 15.8. The minimum Gasteiger partial charge on any atom is -0.347 e. The third-order valence-electron chi connectivity index (χ3n) is 5.62. The van der Waals surface area contributed by atoms with Gasteiger partial charge < -0.3 is 9.88 Å². The van der Waals surface area contributed by atoms with Crippen molar-refractivity contribution in [2.45, 2.75) is 38.4 Å². The number of hydrogen-bond donors (Lipinski definition) is 1. The predicted octanol–water partition coefficient (Wildman–Crippen LogP) is 0.208. The van der Waals surface area contributed by atoms with E-state index in [2.05, 4.69) is 31.7 Å². The molecule has 2 aromatic rings. The highest BCUT2D eigenvalue weighted by atomic mass is 16.2. The summed E-state index contributed by atoms with van der Waals surface area (Å²) in [5.41, 5.74) is 1.25. The van der Waals surface area contributed by atoms with Crippen molar-refractivity contribution in [2.24, 2.45) is 18.9 Å². The molecule has 5 rings (SSSR count). The molecule has 1 aliphatic carbocycles. The molecule has 0 aromatic carbocycles. The Morgan fingerprint density at radius 2 is 2.08 bits per heavy atom. The molecule has 1 saturated carbocycles. The fraction of sp³-hybridized carbons (Fsp3) is 0.647. The molecular weight excluding hydrogens is 318 g/mol. The normalized spacial score (nSPS) is 25.6. The van der Waals surface area contributed by atoms with E-state index in [1.807, 2.05) is 22.5 Å². The molecule has 4 heterocycles. The van der Waals surface area contributed by atoms with Gasteiger partial charge in [0.25, 0.3) is 5.91 Å². The van der Waals surface area contributed by atoms with E-state index in [9.17, 15) is 4.79 Å². The number of amides is 1. The highest BCUT2D eigenvalue weighted by molar-refractivity contribution is 5.91. The Morgan fingerprint density at radius 1 is 1.24 bits per heavy atom. The molecule has 8 heteroatoms. The van der Waals surface area contributed by atoms with E-state index >= 15 is 0 Å². The van der Waals surface area contributed by atoms with Gasteiger partial charge in [0.2, 0.25) is 5.82 Å². The maximum absolute atomic E-state index is 12.4. The smallest absolute Gasteiger partial charge is 0.289 e. The third-order valence-corrected chi connectivity index (χ3v) is 5.62. The molecule has 1 saturated heterocycles. The summed E-state index contributed by atoms with van der Waals surface area (Å²) in [5.74, 6) is 2.56. The van der Waals surface area contributed by atoms with Crippen LogP contribution >= 0.6 is 0 Å². The van der Waals surface area contributed by atoms with E-state index in [0.29, 0.717) is 23.7 Å². The SMILES string of the molecule is Cn1cc(CN2C[C@@H]3Cc4nnc(C(=O)NC5CC5)n4C[C@@H]3C2)cn1. The number of aromatic nitrogens is 5. The largest absolute Gasteiger partial charge is 0.347 e. The lowest BCUT2D eigenvalue weighted by Gasteiger charge is -2.25. The van der Waals surface area contributed by atoms with Crippen LogP contribution in [0.1, 0.15) is 34.8 Å². The maximum atomic E-state index is 12.4. The summed E-state index contributed by atoms with van der Waals surface area (Å²) in [7, 11) is 1.95. The van der Waals surface area contributed by atoms with E-state index in [0.717, 1.165) is 51.3 Å². The van der Waals surface area contributed by atoms with Gasteiger partial charge in [0.1, 0.15) is 5.82 Å². The van der Waals surface area contributed by atoms with Gasteiger partial charge in [-0.2, -0.15) is 5.10 Å². The molecule has 2 aromatic heterocycles. The molecule has 2 atom stereocenters. The average Bonchev–Trinajstić information content (AvgIpc) is 2.98. The molecule has 0 unspecified atom stereocenters. The van der Waals surface area contributed by atoms with Crippen molar-refractivity contribution in [1.29, 1.82) is 0 Å². The highest BCUT2D eigenvalue weighted by Crippen LogP contribution is 2.33. The van der Waals surface area contributed by atoms with E-state index in [-0.39, 0.29) is 5.91 Å². The average molecular weight is 341 g/mol. The zero-order chi connectivity index (χ0) is 17.0. The van der Waals surface area contributed by atoms with E-state index in [1.165, 1.54) is 5.56 Å². The van der Waals surface area contributed by atoms with Crippen molar-refractivity contribution in [3.63, 3.8) is 0 Å². The number of carbonyl (C=O) groups is 1. The number of hydrogen-bond acceptors (Lipinski definition) is 5. The molecule has 0 bridgehead atoms. The van der Waals surface area contributed by atoms with Crippen LogP contribution in [0.25, 0.3) is 0 Å². The Morgan fingerprint density at radius 3 is 2.84 bits per heavy atom. The Hall–Kier alpha value is -2.22. The first-order valence-corrected chi connectivity index (χ1v) is 9.08. The molecule has 8 nitrogen and oxygen atoms in total. The second-order valence-corrected chi connectivity index (χ2v) is 7.74. The van der Waals surface area contributed by atoms with Gasteiger partial charge in [-0.3, -0.25) is 14.4 Å². The number of nitrogens with one attached hydrogen (secondary N) is 1. The Bertz CT molecular complexity index is 806. The van der Waals surface area contributed by atoms with Crippen LogP contribution in [0.4, 0.5) is 0 Å². The Labute approximate surface area is 146 Å². The highest BCUT2D eigenvalue weighted by Gasteiger charge is 2.39. The summed E-state index contributed by atoms with van der Waals surface area (Å²) in [4.78, 5) is 14.9. The van der Waals surface area contributed by atoms with Crippen molar-refractivity contribution >= 4 is 5.91 Å². The molecule has 3 aliphatic rings. The van der Waals surface area contributed by atoms with Crippen molar-refractivity contribution in [2.75, 3.05) is 13.1 Å². The molecule has 1 amide bonds. The van der Waals surface area contributed by atoms with Crippen molar-refractivity contribution in [1.82, 2.24) is 34.8 Å². The summed E-state index contributed by atoms with van der Waals surface area (Å²) in [6.45, 7) is 3.93. The topological polar surface area (TPSA) is 80.9 Å². The summed E-state index contributed by atoms with van der Waals surface area (Å²) in [6, 6.07) is 0.346. The first kappa shape index (κ1) is 15.1. The molecule has 2 aliphatic heterocycles. The number of likely N-dealkylation sites (tertiary alicyclic amines) is 1. The van der Waals surface area contributed by atoms with Gasteiger partial charge in [-0.25, -0.2) is 0 Å². The molecule has 25 heavy (non-hydrogen) atoms. The zero-order valence-electron chi connectivity index (χ0n) is 14.4. The molecule has 0 spiro atoms. The van der Waals surface area contributed by atoms with Crippen LogP contribution < -0.4 is 5.32 Å². The van der Waals surface area contributed by atoms with Gasteiger partial charge in [-0.1, -0.05) is 0 Å². The zero-order valence-corrected chi connectivity index (χ0v) is 14.4. The predicted molar refractivity (Wildman–Crippen MR) is 89.7 cm³/mol. The van der Waals surface area contributed by atoms with Crippen molar-refractivity contribution in [3.05, 3.63) is 29.6 Å². The van der Waals surface area contributed by atoms with Crippen LogP contribution in [-0.2, 0) is 26.6 Å². The second-order valence-electron chi connectivity index (χ2n) is 7.74. The van der Waals surface area contributed by atoms with Crippen LogP contribution in [0, 0.1) is 11.8 Å². The van der Waals surface area contributed by atoms with Crippen LogP contribution in [0.5, 0.6) is 0 Å². The van der Waals surface area contributed by atoms with E-state index in [1.54, 1.807) is 0 Å². The lowest BCUT2D eigenvalue weighted by Crippen LogP contribution is -2.33. The molecule has 2 fully saturated rings. The quantitative estimate of drug-likeness (QED) is 0.860. The van der Waals surface area contributed by atoms with Gasteiger partial charge in [-0.05, 0) is 24.7 Å². The van der Waals surface area contributed by atoms with Crippen LogP contribution in [0.2, 0.25) is 0 Å². The van der Waals surface area contributed by atoms with E-state index in [4.69, 9.17) is 0 Å². The lowest BCUT2D eigenvalue weighted by atomic mass is 9.89. The van der Waals surface area contributed by atoms with Crippen LogP contribution in [0.3, 0.4) is 0 Å². The van der Waals surface area contributed by atoms with Gasteiger partial charge in [0.15, 0.2) is 0 Å². The monoisotopic (exact) mass is 341 g/mol. The standard InChI is InChI=1S/C17H23N7O/c1-22-6-11(5-18-22)7-23-8-12-4-15-20-21-16(17(25)19-14-2-3-14)24(15)10-13(12)9-23/h5-6,12-14H,2-4,7-10H2,1H3,(H,19,25)/t12-,13-/m0/s1. The van der Waals surface area contributed by atoms with Gasteiger partial charge in [-0.15, -0.1) is 10.2 Å². The minimum atomic E-state index is -0.0649. The van der Waals surface area contributed by atoms with Gasteiger partial charge in [0, 0.05) is 57.4 Å². The molecule has 132 valence electrons. The molecular formula is C17H23N7O. The van der Waals surface area contributed by atoms with Crippen LogP contribution in [0.15, 0.2) is 12.4 Å². The second kappa shape index (κ2) is 5.66. The number of nitrogens with zero attached hydrogens (tertiary/aromatic N) is 6. The van der Waals surface area contributed by atoms with Gasteiger partial charge in [0.05, 0.1) is 6.20 Å².